The number of hydrogen-bond donors (Lipinski definition) is 1. The van der Waals surface area contributed by atoms with Crippen molar-refractivity contribution in [3.8, 4) is 0 Å². The number of hydrogen-bond acceptors (Lipinski definition) is 3. The van der Waals surface area contributed by atoms with Crippen LogP contribution in [0.25, 0.3) is 0 Å². The van der Waals surface area contributed by atoms with Crippen LogP contribution in [0.3, 0.4) is 0 Å². The lowest BCUT2D eigenvalue weighted by Crippen LogP contribution is -2.28. The van der Waals surface area contributed by atoms with Gasteiger partial charge in [0.2, 0.25) is 0 Å². The molecule has 78 valence electrons. The van der Waals surface area contributed by atoms with Crippen molar-refractivity contribution in [1.29, 1.82) is 0 Å². The molecule has 13 heavy (non-hydrogen) atoms. The zero-order valence-corrected chi connectivity index (χ0v) is 7.23. The van der Waals surface area contributed by atoms with Gasteiger partial charge in [-0.05, 0) is 13.0 Å². The van der Waals surface area contributed by atoms with Gasteiger partial charge in [0.05, 0.1) is 19.4 Å². The predicted octanol–water partition coefficient (Wildman–Crippen LogP) is 1.08. The number of halogens is 3. The monoisotopic (exact) mass is 199 g/mol. The molecule has 2 N–H and O–H groups in total. The lowest BCUT2D eigenvalue weighted by molar-refractivity contribution is -0.184. The van der Waals surface area contributed by atoms with Gasteiger partial charge in [0.1, 0.15) is 0 Å². The molecule has 0 rings (SSSR count). The Morgan fingerprint density at radius 3 is 2.38 bits per heavy atom. The van der Waals surface area contributed by atoms with E-state index in [1.54, 1.807) is 0 Å². The van der Waals surface area contributed by atoms with E-state index in [2.05, 4.69) is 4.74 Å². The van der Waals surface area contributed by atoms with E-state index in [-0.39, 0.29) is 13.0 Å². The molecule has 0 aromatic carbocycles. The van der Waals surface area contributed by atoms with Crippen LogP contribution in [0.15, 0.2) is 0 Å². The Labute approximate surface area is 74.0 Å². The summed E-state index contributed by atoms with van der Waals surface area (Å²) in [5, 5.41) is 0. The Morgan fingerprint density at radius 2 is 2.08 bits per heavy atom. The van der Waals surface area contributed by atoms with Gasteiger partial charge in [-0.3, -0.25) is 4.79 Å². The fraction of sp³-hybridized carbons (Fsp3) is 0.857. The molecule has 0 aliphatic heterocycles. The molecule has 0 fully saturated rings. The van der Waals surface area contributed by atoms with Gasteiger partial charge in [0.15, 0.2) is 0 Å². The largest absolute Gasteiger partial charge is 0.469 e. The number of ether oxygens (including phenoxy) is 1. The second kappa shape index (κ2) is 5.06. The Morgan fingerprint density at radius 1 is 1.54 bits per heavy atom. The summed E-state index contributed by atoms with van der Waals surface area (Å²) in [7, 11) is 1.05. The Bertz CT molecular complexity index is 170. The summed E-state index contributed by atoms with van der Waals surface area (Å²) < 4.78 is 40.6. The highest BCUT2D eigenvalue weighted by Crippen LogP contribution is 2.31. The fourth-order valence-corrected chi connectivity index (χ4v) is 0.867. The molecule has 0 bridgehead atoms. The zero-order valence-electron chi connectivity index (χ0n) is 7.23. The fourth-order valence-electron chi connectivity index (χ4n) is 0.867. The molecule has 0 aliphatic rings. The second-order valence-electron chi connectivity index (χ2n) is 2.60. The van der Waals surface area contributed by atoms with Gasteiger partial charge in [0, 0.05) is 0 Å². The van der Waals surface area contributed by atoms with E-state index in [0.29, 0.717) is 0 Å². The minimum atomic E-state index is -4.38. The topological polar surface area (TPSA) is 52.3 Å². The summed E-state index contributed by atoms with van der Waals surface area (Å²) >= 11 is 0. The third-order valence-corrected chi connectivity index (χ3v) is 1.62. The molecule has 0 spiro atoms. The number of alkyl halides is 3. The highest BCUT2D eigenvalue weighted by atomic mass is 19.4. The standard InChI is InChI=1S/C7H12F3NO2/c1-13-6(12)4-5(2-3-11)7(8,9)10/h5H,2-4,11H2,1H3. The lowest BCUT2D eigenvalue weighted by atomic mass is 10.0. The molecule has 1 unspecified atom stereocenters. The van der Waals surface area contributed by atoms with Gasteiger partial charge in [-0.15, -0.1) is 0 Å². The van der Waals surface area contributed by atoms with Gasteiger partial charge >= 0.3 is 12.1 Å². The molecule has 0 aliphatic carbocycles. The molecule has 0 aromatic rings. The number of rotatable bonds is 4. The van der Waals surface area contributed by atoms with E-state index >= 15 is 0 Å². The smallest absolute Gasteiger partial charge is 0.392 e. The summed E-state index contributed by atoms with van der Waals surface area (Å²) in [5.41, 5.74) is 4.99. The van der Waals surface area contributed by atoms with Crippen molar-refractivity contribution in [2.75, 3.05) is 13.7 Å². The van der Waals surface area contributed by atoms with E-state index in [0.717, 1.165) is 7.11 Å². The molecule has 0 amide bonds. The van der Waals surface area contributed by atoms with Crippen LogP contribution in [0.5, 0.6) is 0 Å². The number of esters is 1. The van der Waals surface area contributed by atoms with Crippen LogP contribution in [-0.2, 0) is 9.53 Å². The maximum absolute atomic E-state index is 12.1. The zero-order chi connectivity index (χ0) is 10.5. The average molecular weight is 199 g/mol. The Hall–Kier alpha value is -0.780. The molecule has 0 saturated carbocycles. The average Bonchev–Trinajstić information content (AvgIpc) is 2.01. The van der Waals surface area contributed by atoms with Crippen LogP contribution >= 0.6 is 0 Å². The number of carbonyl (C=O) groups excluding carboxylic acids is 1. The summed E-state index contributed by atoms with van der Waals surface area (Å²) in [4.78, 5) is 10.6. The van der Waals surface area contributed by atoms with E-state index in [9.17, 15) is 18.0 Å². The van der Waals surface area contributed by atoms with Crippen molar-refractivity contribution >= 4 is 5.97 Å². The highest BCUT2D eigenvalue weighted by Gasteiger charge is 2.40. The second-order valence-corrected chi connectivity index (χ2v) is 2.60. The molecule has 6 heteroatoms. The van der Waals surface area contributed by atoms with E-state index < -0.39 is 24.5 Å². The minimum Gasteiger partial charge on any atom is -0.469 e. The van der Waals surface area contributed by atoms with Crippen molar-refractivity contribution in [2.24, 2.45) is 11.7 Å². The molecule has 0 radical (unpaired) electrons. The third-order valence-electron chi connectivity index (χ3n) is 1.62. The maximum Gasteiger partial charge on any atom is 0.392 e. The number of carbonyl (C=O) groups is 1. The minimum absolute atomic E-state index is 0.0961. The SMILES string of the molecule is COC(=O)CC(CCN)C(F)(F)F. The molecule has 1 atom stereocenters. The Balaban J connectivity index is 4.18. The van der Waals surface area contributed by atoms with E-state index in [4.69, 9.17) is 5.73 Å². The van der Waals surface area contributed by atoms with Gasteiger partial charge < -0.3 is 10.5 Å². The molecule has 0 aromatic heterocycles. The van der Waals surface area contributed by atoms with Crippen molar-refractivity contribution in [3.63, 3.8) is 0 Å². The molecule has 0 saturated heterocycles. The van der Waals surface area contributed by atoms with Crippen LogP contribution in [0.2, 0.25) is 0 Å². The normalized spacial score (nSPS) is 13.9. The summed E-state index contributed by atoms with van der Waals surface area (Å²) in [5.74, 6) is -2.55. The Kier molecular flexibility index (Phi) is 4.76. The first-order valence-electron chi connectivity index (χ1n) is 3.75. The summed E-state index contributed by atoms with van der Waals surface area (Å²) in [6.45, 7) is -0.0961. The van der Waals surface area contributed by atoms with Crippen molar-refractivity contribution in [2.45, 2.75) is 19.0 Å². The van der Waals surface area contributed by atoms with Crippen LogP contribution in [0.1, 0.15) is 12.8 Å². The van der Waals surface area contributed by atoms with Gasteiger partial charge in [-0.1, -0.05) is 0 Å². The third kappa shape index (κ3) is 4.72. The van der Waals surface area contributed by atoms with E-state index in [1.165, 1.54) is 0 Å². The highest BCUT2D eigenvalue weighted by molar-refractivity contribution is 5.69. The van der Waals surface area contributed by atoms with E-state index in [1.807, 2.05) is 0 Å². The molecular formula is C7H12F3NO2. The van der Waals surface area contributed by atoms with Crippen LogP contribution in [-0.4, -0.2) is 25.8 Å². The summed E-state index contributed by atoms with van der Waals surface area (Å²) in [6.07, 6.45) is -5.29. The quantitative estimate of drug-likeness (QED) is 0.689. The predicted molar refractivity (Wildman–Crippen MR) is 39.8 cm³/mol. The van der Waals surface area contributed by atoms with Crippen molar-refractivity contribution < 1.29 is 22.7 Å². The molecule has 3 nitrogen and oxygen atoms in total. The van der Waals surface area contributed by atoms with Crippen molar-refractivity contribution in [1.82, 2.24) is 0 Å². The first-order valence-corrected chi connectivity index (χ1v) is 3.75. The first kappa shape index (κ1) is 12.2. The van der Waals surface area contributed by atoms with Crippen molar-refractivity contribution in [3.05, 3.63) is 0 Å². The number of nitrogens with two attached hydrogens (primary N) is 1. The first-order chi connectivity index (χ1) is 5.91. The summed E-state index contributed by atoms with van der Waals surface area (Å²) in [6, 6.07) is 0. The van der Waals surface area contributed by atoms with Gasteiger partial charge in [0.25, 0.3) is 0 Å². The maximum atomic E-state index is 12.1. The van der Waals surface area contributed by atoms with Crippen LogP contribution in [0.4, 0.5) is 13.2 Å². The van der Waals surface area contributed by atoms with Gasteiger partial charge in [-0.25, -0.2) is 0 Å². The number of methoxy groups -OCH3 is 1. The lowest BCUT2D eigenvalue weighted by Gasteiger charge is -2.17. The molecule has 0 heterocycles. The van der Waals surface area contributed by atoms with Crippen LogP contribution < -0.4 is 5.73 Å². The van der Waals surface area contributed by atoms with Gasteiger partial charge in [-0.2, -0.15) is 13.2 Å². The molecular weight excluding hydrogens is 187 g/mol. The van der Waals surface area contributed by atoms with Crippen LogP contribution in [0, 0.1) is 5.92 Å².